The van der Waals surface area contributed by atoms with E-state index in [0.717, 1.165) is 36.5 Å². The maximum atomic E-state index is 13.1. The van der Waals surface area contributed by atoms with Gasteiger partial charge in [0.15, 0.2) is 5.65 Å². The molecule has 2 aromatic carbocycles. The van der Waals surface area contributed by atoms with Gasteiger partial charge in [-0.3, -0.25) is 14.2 Å². The highest BCUT2D eigenvalue weighted by Crippen LogP contribution is 2.33. The number of halogens is 3. The van der Waals surface area contributed by atoms with Gasteiger partial charge in [-0.2, -0.15) is 13.2 Å². The number of hydrogen-bond acceptors (Lipinski definition) is 6. The van der Waals surface area contributed by atoms with Gasteiger partial charge in [0.05, 0.1) is 18.3 Å². The van der Waals surface area contributed by atoms with E-state index in [1.807, 2.05) is 15.5 Å². The van der Waals surface area contributed by atoms with E-state index in [1.165, 1.54) is 24.6 Å². The van der Waals surface area contributed by atoms with E-state index in [0.29, 0.717) is 43.3 Å². The number of benzene rings is 2. The number of fused-ring (bicyclic) bond motifs is 1. The number of piperazine rings is 1. The number of carbonyl (C=O) groups is 1. The normalized spacial score (nSPS) is 16.1. The van der Waals surface area contributed by atoms with Crippen LogP contribution in [0, 0.1) is 0 Å². The summed E-state index contributed by atoms with van der Waals surface area (Å²) < 4.78 is 41.3. The van der Waals surface area contributed by atoms with E-state index in [9.17, 15) is 18.0 Å². The van der Waals surface area contributed by atoms with Crippen LogP contribution in [0.15, 0.2) is 67.1 Å². The van der Waals surface area contributed by atoms with Gasteiger partial charge in [-0.25, -0.2) is 4.98 Å². The van der Waals surface area contributed by atoms with Crippen molar-refractivity contribution in [3.63, 3.8) is 0 Å². The molecule has 0 saturated carbocycles. The Morgan fingerprint density at radius 2 is 1.62 bits per heavy atom. The number of hydrogen-bond donors (Lipinski definition) is 1. The van der Waals surface area contributed by atoms with Crippen molar-refractivity contribution < 1.29 is 18.0 Å². The lowest BCUT2D eigenvalue weighted by atomic mass is 10.1. The summed E-state index contributed by atoms with van der Waals surface area (Å²) in [6, 6.07) is 13.7. The molecule has 40 heavy (non-hydrogen) atoms. The zero-order chi connectivity index (χ0) is 27.7. The van der Waals surface area contributed by atoms with Gasteiger partial charge in [0.2, 0.25) is 5.91 Å². The summed E-state index contributed by atoms with van der Waals surface area (Å²) in [5.74, 6) is 0.630. The number of amides is 1. The smallest absolute Gasteiger partial charge is 0.372 e. The van der Waals surface area contributed by atoms with Crippen molar-refractivity contribution in [2.45, 2.75) is 19.0 Å². The topological polar surface area (TPSA) is 69.0 Å². The minimum atomic E-state index is -4.39. The molecular formula is C29H30F3N7O. The van der Waals surface area contributed by atoms with Crippen molar-refractivity contribution in [1.82, 2.24) is 19.3 Å². The quantitative estimate of drug-likeness (QED) is 0.374. The maximum absolute atomic E-state index is 13.1. The highest BCUT2D eigenvalue weighted by atomic mass is 19.4. The minimum Gasteiger partial charge on any atom is -0.372 e. The average Bonchev–Trinajstić information content (AvgIpc) is 3.64. The number of imidazole rings is 1. The van der Waals surface area contributed by atoms with Crippen molar-refractivity contribution in [1.29, 1.82) is 0 Å². The van der Waals surface area contributed by atoms with Crippen molar-refractivity contribution in [3.8, 4) is 11.3 Å². The molecule has 1 amide bonds. The average molecular weight is 550 g/mol. The number of carbonyl (C=O) groups excluding carboxylic acids is 1. The summed E-state index contributed by atoms with van der Waals surface area (Å²) in [6.45, 7) is 3.99. The molecule has 6 rings (SSSR count). The lowest BCUT2D eigenvalue weighted by Crippen LogP contribution is -2.50. The standard InChI is InChI=1S/C29H30F3N7O/c30-29(31,32)22-4-3-5-24(18-22)37-14-16-38(17-15-37)26(40)20-34-28-27(35-25-19-33-10-13-39(25)28)21-6-8-23(9-7-21)36-11-1-2-12-36/h3-10,13,18-19,34H,1-2,11-12,14-17,20H2. The molecule has 8 nitrogen and oxygen atoms in total. The van der Waals surface area contributed by atoms with E-state index in [-0.39, 0.29) is 12.5 Å². The zero-order valence-corrected chi connectivity index (χ0v) is 21.9. The van der Waals surface area contributed by atoms with Crippen LogP contribution in [-0.2, 0) is 11.0 Å². The van der Waals surface area contributed by atoms with E-state index < -0.39 is 11.7 Å². The van der Waals surface area contributed by atoms with Gasteiger partial charge in [-0.15, -0.1) is 0 Å². The van der Waals surface area contributed by atoms with Gasteiger partial charge in [-0.1, -0.05) is 18.2 Å². The second-order valence-corrected chi connectivity index (χ2v) is 10.1. The molecule has 4 heterocycles. The van der Waals surface area contributed by atoms with Crippen molar-refractivity contribution in [2.75, 3.05) is 60.9 Å². The van der Waals surface area contributed by atoms with Gasteiger partial charge in [0.25, 0.3) is 0 Å². The molecule has 0 atom stereocenters. The molecule has 2 aliphatic heterocycles. The molecular weight excluding hydrogens is 519 g/mol. The van der Waals surface area contributed by atoms with Crippen LogP contribution in [0.4, 0.5) is 30.4 Å². The van der Waals surface area contributed by atoms with E-state index in [4.69, 9.17) is 4.98 Å². The summed E-state index contributed by atoms with van der Waals surface area (Å²) in [7, 11) is 0. The van der Waals surface area contributed by atoms with Crippen LogP contribution in [0.2, 0.25) is 0 Å². The predicted molar refractivity (Wildman–Crippen MR) is 149 cm³/mol. The first-order valence-corrected chi connectivity index (χ1v) is 13.5. The predicted octanol–water partition coefficient (Wildman–Crippen LogP) is 4.78. The summed E-state index contributed by atoms with van der Waals surface area (Å²) in [5.41, 5.74) is 3.39. The third kappa shape index (κ3) is 5.28. The van der Waals surface area contributed by atoms with Gasteiger partial charge >= 0.3 is 6.18 Å². The third-order valence-corrected chi connectivity index (χ3v) is 7.62. The first-order chi connectivity index (χ1) is 19.4. The van der Waals surface area contributed by atoms with Gasteiger partial charge in [0, 0.05) is 68.6 Å². The summed E-state index contributed by atoms with van der Waals surface area (Å²) in [5, 5.41) is 3.30. The molecule has 11 heteroatoms. The first-order valence-electron chi connectivity index (χ1n) is 13.5. The van der Waals surface area contributed by atoms with Crippen molar-refractivity contribution >= 4 is 28.7 Å². The second kappa shape index (κ2) is 10.7. The van der Waals surface area contributed by atoms with Gasteiger partial charge < -0.3 is 20.0 Å². The molecule has 2 fully saturated rings. The number of nitrogens with one attached hydrogen (secondary N) is 1. The maximum Gasteiger partial charge on any atom is 0.416 e. The van der Waals surface area contributed by atoms with Crippen LogP contribution in [0.25, 0.3) is 16.9 Å². The highest BCUT2D eigenvalue weighted by Gasteiger charge is 2.31. The Morgan fingerprint density at radius 3 is 2.35 bits per heavy atom. The Labute approximate surface area is 230 Å². The van der Waals surface area contributed by atoms with Crippen LogP contribution in [-0.4, -0.2) is 71.0 Å². The molecule has 4 aromatic rings. The molecule has 2 aromatic heterocycles. The van der Waals surface area contributed by atoms with Crippen LogP contribution < -0.4 is 15.1 Å². The Kier molecular flexibility index (Phi) is 6.95. The third-order valence-electron chi connectivity index (χ3n) is 7.62. The fourth-order valence-corrected chi connectivity index (χ4v) is 5.45. The fourth-order valence-electron chi connectivity index (χ4n) is 5.45. The Balaban J connectivity index is 1.13. The van der Waals surface area contributed by atoms with Crippen molar-refractivity contribution in [2.24, 2.45) is 0 Å². The van der Waals surface area contributed by atoms with E-state index in [2.05, 4.69) is 39.5 Å². The van der Waals surface area contributed by atoms with Crippen LogP contribution >= 0.6 is 0 Å². The van der Waals surface area contributed by atoms with Crippen molar-refractivity contribution in [3.05, 3.63) is 72.7 Å². The zero-order valence-electron chi connectivity index (χ0n) is 21.9. The monoisotopic (exact) mass is 549 g/mol. The molecule has 2 saturated heterocycles. The molecule has 0 aliphatic carbocycles. The molecule has 1 N–H and O–H groups in total. The SMILES string of the molecule is O=C(CNc1c(-c2ccc(N3CCCC3)cc2)nc2cnccn12)N1CCN(c2cccc(C(F)(F)F)c2)CC1. The van der Waals surface area contributed by atoms with E-state index >= 15 is 0 Å². The number of rotatable bonds is 6. The highest BCUT2D eigenvalue weighted by molar-refractivity contribution is 5.84. The molecule has 0 bridgehead atoms. The Morgan fingerprint density at radius 1 is 0.900 bits per heavy atom. The van der Waals surface area contributed by atoms with E-state index in [1.54, 1.807) is 23.4 Å². The minimum absolute atomic E-state index is 0.0680. The fraction of sp³-hybridized carbons (Fsp3) is 0.345. The van der Waals surface area contributed by atoms with Crippen LogP contribution in [0.3, 0.4) is 0 Å². The lowest BCUT2D eigenvalue weighted by molar-refractivity contribution is -0.137. The van der Waals surface area contributed by atoms with Crippen LogP contribution in [0.5, 0.6) is 0 Å². The molecule has 208 valence electrons. The van der Waals surface area contributed by atoms with Crippen LogP contribution in [0.1, 0.15) is 18.4 Å². The number of nitrogens with zero attached hydrogens (tertiary/aromatic N) is 6. The largest absolute Gasteiger partial charge is 0.416 e. The Hall–Kier alpha value is -4.28. The lowest BCUT2D eigenvalue weighted by Gasteiger charge is -2.36. The summed E-state index contributed by atoms with van der Waals surface area (Å²) in [6.07, 6.45) is 3.21. The van der Waals surface area contributed by atoms with Gasteiger partial charge in [-0.05, 0) is 43.2 Å². The molecule has 0 spiro atoms. The number of aromatic nitrogens is 3. The van der Waals surface area contributed by atoms with Gasteiger partial charge in [0.1, 0.15) is 11.5 Å². The summed E-state index contributed by atoms with van der Waals surface area (Å²) >= 11 is 0. The number of alkyl halides is 3. The number of anilines is 3. The molecule has 2 aliphatic rings. The molecule has 0 radical (unpaired) electrons. The second-order valence-electron chi connectivity index (χ2n) is 10.1. The first kappa shape index (κ1) is 26.0. The molecule has 0 unspecified atom stereocenters. The summed E-state index contributed by atoms with van der Waals surface area (Å²) in [4.78, 5) is 28.1. The Bertz CT molecular complexity index is 1490.